The largest absolute Gasteiger partial charge is 0.368 e. The minimum Gasteiger partial charge on any atom is -0.368 e. The zero-order valence-corrected chi connectivity index (χ0v) is 15.4. The van der Waals surface area contributed by atoms with Crippen LogP contribution in [0.5, 0.6) is 0 Å². The minimum absolute atomic E-state index is 0.264. The van der Waals surface area contributed by atoms with Gasteiger partial charge in [0.15, 0.2) is 0 Å². The van der Waals surface area contributed by atoms with Crippen molar-refractivity contribution in [3.63, 3.8) is 0 Å². The Morgan fingerprint density at radius 3 is 2.52 bits per heavy atom. The first kappa shape index (κ1) is 17.7. The van der Waals surface area contributed by atoms with E-state index in [0.717, 1.165) is 47.1 Å². The van der Waals surface area contributed by atoms with E-state index < -0.39 is 23.0 Å². The Bertz CT molecular complexity index is 1160. The maximum Gasteiger partial charge on any atom is 0.337 e. The van der Waals surface area contributed by atoms with Gasteiger partial charge in [-0.2, -0.15) is 0 Å². The number of hydrogen-bond acceptors (Lipinski definition) is 4. The smallest absolute Gasteiger partial charge is 0.337 e. The summed E-state index contributed by atoms with van der Waals surface area (Å²) in [6.45, 7) is -0.309. The number of aromatic nitrogens is 2. The van der Waals surface area contributed by atoms with Gasteiger partial charge in [0.25, 0.3) is 5.56 Å². The fraction of sp³-hybridized carbons (Fsp3) is 0.316. The van der Waals surface area contributed by atoms with Gasteiger partial charge >= 0.3 is 5.69 Å². The first-order valence-electron chi connectivity index (χ1n) is 8.81. The molecule has 0 saturated carbocycles. The molecule has 2 heterocycles. The Morgan fingerprint density at radius 2 is 1.81 bits per heavy atom. The van der Waals surface area contributed by atoms with Crippen LogP contribution in [0.4, 0.5) is 4.39 Å². The number of nitrogens with zero attached hydrogens (tertiary/aromatic N) is 2. The van der Waals surface area contributed by atoms with Crippen LogP contribution in [0.1, 0.15) is 29.7 Å². The van der Waals surface area contributed by atoms with Crippen molar-refractivity contribution in [3.05, 3.63) is 61.4 Å². The maximum absolute atomic E-state index is 13.3. The van der Waals surface area contributed by atoms with Crippen LogP contribution in [-0.2, 0) is 24.2 Å². The molecule has 6 nitrogen and oxygen atoms in total. The van der Waals surface area contributed by atoms with Crippen LogP contribution < -0.4 is 17.0 Å². The van der Waals surface area contributed by atoms with E-state index in [-0.39, 0.29) is 12.2 Å². The molecule has 1 aliphatic rings. The van der Waals surface area contributed by atoms with Gasteiger partial charge in [-0.05, 0) is 55.5 Å². The van der Waals surface area contributed by atoms with Crippen molar-refractivity contribution in [1.82, 2.24) is 9.13 Å². The summed E-state index contributed by atoms with van der Waals surface area (Å²) in [4.78, 5) is 39.5. The molecule has 0 radical (unpaired) electrons. The molecule has 0 aliphatic heterocycles. The van der Waals surface area contributed by atoms with E-state index in [1.165, 1.54) is 40.2 Å². The summed E-state index contributed by atoms with van der Waals surface area (Å²) in [6.07, 6.45) is 4.73. The first-order valence-corrected chi connectivity index (χ1v) is 9.63. The summed E-state index contributed by atoms with van der Waals surface area (Å²) in [7, 11) is 0. The third-order valence-corrected chi connectivity index (χ3v) is 6.20. The average Bonchev–Trinajstić information content (AvgIpc) is 2.83. The van der Waals surface area contributed by atoms with Gasteiger partial charge in [0.1, 0.15) is 17.2 Å². The molecule has 0 bridgehead atoms. The Morgan fingerprint density at radius 1 is 1.11 bits per heavy atom. The van der Waals surface area contributed by atoms with Crippen LogP contribution in [0, 0.1) is 5.82 Å². The SMILES string of the molecule is NC(=O)Cn1c(=O)n(-c2ccc(F)cc2)c(=O)c2c3c(sc21)CCCCC3. The van der Waals surface area contributed by atoms with Gasteiger partial charge in [-0.1, -0.05) is 6.42 Å². The monoisotopic (exact) mass is 387 g/mol. The molecular weight excluding hydrogens is 369 g/mol. The van der Waals surface area contributed by atoms with Crippen molar-refractivity contribution in [3.8, 4) is 5.69 Å². The van der Waals surface area contributed by atoms with Crippen molar-refractivity contribution >= 4 is 27.5 Å². The van der Waals surface area contributed by atoms with Gasteiger partial charge < -0.3 is 5.73 Å². The normalized spacial score (nSPS) is 14.1. The number of rotatable bonds is 3. The van der Waals surface area contributed by atoms with E-state index >= 15 is 0 Å². The van der Waals surface area contributed by atoms with Crippen LogP contribution in [-0.4, -0.2) is 15.0 Å². The molecule has 8 heteroatoms. The quantitative estimate of drug-likeness (QED) is 0.698. The van der Waals surface area contributed by atoms with Gasteiger partial charge in [0.2, 0.25) is 5.91 Å². The number of thiophene rings is 1. The predicted molar refractivity (Wildman–Crippen MR) is 102 cm³/mol. The van der Waals surface area contributed by atoms with Gasteiger partial charge in [0.05, 0.1) is 11.1 Å². The Labute approximate surface area is 157 Å². The fourth-order valence-corrected chi connectivity index (χ4v) is 5.03. The highest BCUT2D eigenvalue weighted by molar-refractivity contribution is 7.18. The molecule has 0 spiro atoms. The highest BCUT2D eigenvalue weighted by Gasteiger charge is 2.24. The van der Waals surface area contributed by atoms with E-state index in [4.69, 9.17) is 5.73 Å². The molecule has 0 unspecified atom stereocenters. The molecule has 2 N–H and O–H groups in total. The molecule has 1 amide bonds. The van der Waals surface area contributed by atoms with Crippen molar-refractivity contribution in [2.75, 3.05) is 0 Å². The molecule has 0 fully saturated rings. The van der Waals surface area contributed by atoms with E-state index in [9.17, 15) is 18.8 Å². The second-order valence-corrected chi connectivity index (χ2v) is 7.78. The van der Waals surface area contributed by atoms with Crippen LogP contribution in [0.3, 0.4) is 0 Å². The number of primary amides is 1. The van der Waals surface area contributed by atoms with Gasteiger partial charge in [0, 0.05) is 4.88 Å². The second-order valence-electron chi connectivity index (χ2n) is 6.70. The summed E-state index contributed by atoms with van der Waals surface area (Å²) in [5.41, 5.74) is 5.50. The Kier molecular flexibility index (Phi) is 4.43. The lowest BCUT2D eigenvalue weighted by Gasteiger charge is -2.11. The lowest BCUT2D eigenvalue weighted by molar-refractivity contribution is -0.118. The molecular formula is C19H18FN3O3S. The lowest BCUT2D eigenvalue weighted by Crippen LogP contribution is -2.40. The molecule has 0 saturated heterocycles. The van der Waals surface area contributed by atoms with Crippen LogP contribution >= 0.6 is 11.3 Å². The number of halogens is 1. The topological polar surface area (TPSA) is 87.1 Å². The lowest BCUT2D eigenvalue weighted by atomic mass is 10.1. The zero-order valence-electron chi connectivity index (χ0n) is 14.5. The molecule has 1 aromatic carbocycles. The predicted octanol–water partition coefficient (Wildman–Crippen LogP) is 2.11. The number of amides is 1. The standard InChI is InChI=1S/C19H18FN3O3S/c20-11-6-8-12(9-7-11)23-17(25)16-13-4-2-1-3-5-14(13)27-18(16)22(19(23)26)10-15(21)24/h6-9H,1-5,10H2,(H2,21,24). The highest BCUT2D eigenvalue weighted by Crippen LogP contribution is 2.33. The number of benzene rings is 1. The van der Waals surface area contributed by atoms with Crippen LogP contribution in [0.25, 0.3) is 15.9 Å². The third-order valence-electron chi connectivity index (χ3n) is 4.89. The van der Waals surface area contributed by atoms with E-state index in [1.54, 1.807) is 0 Å². The van der Waals surface area contributed by atoms with Crippen molar-refractivity contribution in [2.45, 2.75) is 38.6 Å². The van der Waals surface area contributed by atoms with Gasteiger partial charge in [-0.25, -0.2) is 13.8 Å². The average molecular weight is 387 g/mol. The number of hydrogen-bond donors (Lipinski definition) is 1. The number of aryl methyl sites for hydroxylation is 2. The van der Waals surface area contributed by atoms with E-state index in [1.807, 2.05) is 0 Å². The summed E-state index contributed by atoms with van der Waals surface area (Å²) >= 11 is 1.40. The Hall–Kier alpha value is -2.74. The Balaban J connectivity index is 2.10. The van der Waals surface area contributed by atoms with Crippen LogP contribution in [0.15, 0.2) is 33.9 Å². The van der Waals surface area contributed by atoms with E-state index in [0.29, 0.717) is 10.2 Å². The van der Waals surface area contributed by atoms with Gasteiger partial charge in [-0.3, -0.25) is 14.2 Å². The molecule has 4 rings (SSSR count). The summed E-state index contributed by atoms with van der Waals surface area (Å²) in [5.74, 6) is -1.12. The fourth-order valence-electron chi connectivity index (χ4n) is 3.66. The van der Waals surface area contributed by atoms with E-state index in [2.05, 4.69) is 0 Å². The first-order chi connectivity index (χ1) is 13.0. The summed E-state index contributed by atoms with van der Waals surface area (Å²) in [5, 5.41) is 0.474. The molecule has 0 atom stereocenters. The van der Waals surface area contributed by atoms with Crippen LogP contribution in [0.2, 0.25) is 0 Å². The molecule has 1 aliphatic carbocycles. The van der Waals surface area contributed by atoms with Crippen molar-refractivity contribution in [1.29, 1.82) is 0 Å². The summed E-state index contributed by atoms with van der Waals surface area (Å²) < 4.78 is 15.6. The van der Waals surface area contributed by atoms with Gasteiger partial charge in [-0.15, -0.1) is 11.3 Å². The number of carbonyl (C=O) groups is 1. The second kappa shape index (κ2) is 6.77. The third kappa shape index (κ3) is 2.99. The molecule has 27 heavy (non-hydrogen) atoms. The van der Waals surface area contributed by atoms with Crippen molar-refractivity contribution < 1.29 is 9.18 Å². The highest BCUT2D eigenvalue weighted by atomic mass is 32.1. The number of fused-ring (bicyclic) bond motifs is 3. The maximum atomic E-state index is 13.3. The number of carbonyl (C=O) groups excluding carboxylic acids is 1. The molecule has 3 aromatic rings. The molecule has 2 aromatic heterocycles. The van der Waals surface area contributed by atoms with Crippen molar-refractivity contribution in [2.24, 2.45) is 5.73 Å². The zero-order chi connectivity index (χ0) is 19.1. The number of nitrogens with two attached hydrogens (primary N) is 1. The minimum atomic E-state index is -0.661. The molecule has 140 valence electrons. The summed E-state index contributed by atoms with van der Waals surface area (Å²) in [6, 6.07) is 5.14.